The van der Waals surface area contributed by atoms with Gasteiger partial charge in [-0.25, -0.2) is 0 Å². The van der Waals surface area contributed by atoms with Gasteiger partial charge in [0.15, 0.2) is 0 Å². The van der Waals surface area contributed by atoms with Crippen molar-refractivity contribution in [2.45, 2.75) is 6.92 Å². The van der Waals surface area contributed by atoms with Crippen LogP contribution in [0, 0.1) is 18.8 Å². The number of benzene rings is 2. The highest BCUT2D eigenvalue weighted by atomic mass is 35.5. The first-order chi connectivity index (χ1) is 7.75. The van der Waals surface area contributed by atoms with Crippen molar-refractivity contribution in [1.82, 2.24) is 0 Å². The van der Waals surface area contributed by atoms with Gasteiger partial charge in [0.25, 0.3) is 0 Å². The lowest BCUT2D eigenvalue weighted by Crippen LogP contribution is -1.78. The minimum absolute atomic E-state index is 0.697. The first-order valence-corrected chi connectivity index (χ1v) is 5.47. The van der Waals surface area contributed by atoms with E-state index in [-0.39, 0.29) is 0 Å². The molecule has 2 aromatic carbocycles. The van der Waals surface area contributed by atoms with E-state index in [1.807, 2.05) is 36.4 Å². The molecule has 0 nitrogen and oxygen atoms in total. The topological polar surface area (TPSA) is 0 Å². The predicted molar refractivity (Wildman–Crippen MR) is 68.6 cm³/mol. The van der Waals surface area contributed by atoms with Crippen LogP contribution in [0.4, 0.5) is 0 Å². The van der Waals surface area contributed by atoms with Crippen LogP contribution in [0.2, 0.25) is 5.02 Å². The van der Waals surface area contributed by atoms with Gasteiger partial charge in [-0.1, -0.05) is 47.7 Å². The lowest BCUT2D eigenvalue weighted by molar-refractivity contribution is 1.45. The molecule has 0 aliphatic heterocycles. The van der Waals surface area contributed by atoms with Crippen LogP contribution >= 0.6 is 11.6 Å². The highest BCUT2D eigenvalue weighted by molar-refractivity contribution is 6.31. The maximum Gasteiger partial charge on any atom is 0.0562 e. The van der Waals surface area contributed by atoms with Gasteiger partial charge >= 0.3 is 0 Å². The predicted octanol–water partition coefficient (Wildman–Crippen LogP) is 4.05. The van der Waals surface area contributed by atoms with Gasteiger partial charge in [0.1, 0.15) is 0 Å². The molecule has 0 fully saturated rings. The van der Waals surface area contributed by atoms with Gasteiger partial charge < -0.3 is 0 Å². The molecular weight excluding hydrogens is 216 g/mol. The van der Waals surface area contributed by atoms with Gasteiger partial charge in [0.2, 0.25) is 0 Å². The fourth-order valence-corrected chi connectivity index (χ4v) is 1.61. The van der Waals surface area contributed by atoms with Crippen LogP contribution in [0.5, 0.6) is 0 Å². The zero-order valence-electron chi connectivity index (χ0n) is 9.00. The molecule has 0 amide bonds. The SMILES string of the molecule is Cc1cccc(C#Cc2ccccc2Cl)c1. The summed E-state index contributed by atoms with van der Waals surface area (Å²) in [6.07, 6.45) is 0. The Bertz CT molecular complexity index is 559. The Labute approximate surface area is 101 Å². The molecule has 0 N–H and O–H groups in total. The van der Waals surface area contributed by atoms with Crippen molar-refractivity contribution >= 4 is 11.6 Å². The number of halogens is 1. The molecule has 0 bridgehead atoms. The number of hydrogen-bond donors (Lipinski definition) is 0. The molecule has 2 aromatic rings. The first kappa shape index (κ1) is 10.8. The molecule has 0 unspecified atom stereocenters. The van der Waals surface area contributed by atoms with Crippen LogP contribution in [0.15, 0.2) is 48.5 Å². The lowest BCUT2D eigenvalue weighted by atomic mass is 10.1. The molecule has 78 valence electrons. The molecule has 0 radical (unpaired) electrons. The van der Waals surface area contributed by atoms with E-state index in [0.717, 1.165) is 11.1 Å². The summed E-state index contributed by atoms with van der Waals surface area (Å²) in [5, 5.41) is 0.697. The first-order valence-electron chi connectivity index (χ1n) is 5.09. The maximum atomic E-state index is 6.02. The number of aryl methyl sites for hydroxylation is 1. The third kappa shape index (κ3) is 2.66. The van der Waals surface area contributed by atoms with Gasteiger partial charge in [-0.05, 0) is 36.8 Å². The van der Waals surface area contributed by atoms with Gasteiger partial charge in [-0.2, -0.15) is 0 Å². The van der Waals surface area contributed by atoms with Crippen LogP contribution in [0.1, 0.15) is 16.7 Å². The Morgan fingerprint density at radius 1 is 0.938 bits per heavy atom. The molecule has 0 saturated carbocycles. The van der Waals surface area contributed by atoms with Gasteiger partial charge in [0.05, 0.1) is 5.02 Å². The second kappa shape index (κ2) is 4.88. The Hall–Kier alpha value is -1.71. The number of hydrogen-bond acceptors (Lipinski definition) is 0. The molecule has 0 aliphatic rings. The number of rotatable bonds is 0. The molecule has 2 rings (SSSR count). The van der Waals surface area contributed by atoms with Crippen molar-refractivity contribution in [3.05, 3.63) is 70.2 Å². The van der Waals surface area contributed by atoms with E-state index in [1.54, 1.807) is 0 Å². The van der Waals surface area contributed by atoms with Crippen molar-refractivity contribution in [2.75, 3.05) is 0 Å². The minimum atomic E-state index is 0.697. The normalized spacial score (nSPS) is 9.38. The third-order valence-electron chi connectivity index (χ3n) is 2.23. The molecule has 0 atom stereocenters. The molecule has 0 spiro atoms. The summed E-state index contributed by atoms with van der Waals surface area (Å²) in [6, 6.07) is 15.7. The minimum Gasteiger partial charge on any atom is -0.0830 e. The molecule has 16 heavy (non-hydrogen) atoms. The van der Waals surface area contributed by atoms with E-state index in [1.165, 1.54) is 5.56 Å². The van der Waals surface area contributed by atoms with Gasteiger partial charge in [0, 0.05) is 11.1 Å². The highest BCUT2D eigenvalue weighted by Crippen LogP contribution is 2.13. The average Bonchev–Trinajstić information content (AvgIpc) is 2.28. The van der Waals surface area contributed by atoms with Crippen LogP contribution in [-0.2, 0) is 0 Å². The summed E-state index contributed by atoms with van der Waals surface area (Å²) >= 11 is 6.02. The summed E-state index contributed by atoms with van der Waals surface area (Å²) in [4.78, 5) is 0. The lowest BCUT2D eigenvalue weighted by Gasteiger charge is -1.94. The van der Waals surface area contributed by atoms with Gasteiger partial charge in [-0.3, -0.25) is 0 Å². The van der Waals surface area contributed by atoms with E-state index in [2.05, 4.69) is 30.9 Å². The van der Waals surface area contributed by atoms with Crippen LogP contribution in [0.3, 0.4) is 0 Å². The van der Waals surface area contributed by atoms with Crippen molar-refractivity contribution in [3.8, 4) is 11.8 Å². The molecule has 1 heteroatoms. The van der Waals surface area contributed by atoms with Crippen molar-refractivity contribution < 1.29 is 0 Å². The Balaban J connectivity index is 2.32. The Kier molecular flexibility index (Phi) is 3.29. The van der Waals surface area contributed by atoms with Crippen LogP contribution in [0.25, 0.3) is 0 Å². The molecule has 0 heterocycles. The second-order valence-electron chi connectivity index (χ2n) is 3.60. The Morgan fingerprint density at radius 2 is 1.75 bits per heavy atom. The van der Waals surface area contributed by atoms with Crippen molar-refractivity contribution in [2.24, 2.45) is 0 Å². The van der Waals surface area contributed by atoms with Crippen molar-refractivity contribution in [3.63, 3.8) is 0 Å². The zero-order chi connectivity index (χ0) is 11.4. The standard InChI is InChI=1S/C15H11Cl/c1-12-5-4-6-13(11-12)9-10-14-7-2-3-8-15(14)16/h2-8,11H,1H3. The summed E-state index contributed by atoms with van der Waals surface area (Å²) in [5.74, 6) is 6.18. The van der Waals surface area contributed by atoms with E-state index >= 15 is 0 Å². The van der Waals surface area contributed by atoms with Crippen molar-refractivity contribution in [1.29, 1.82) is 0 Å². The van der Waals surface area contributed by atoms with Gasteiger partial charge in [-0.15, -0.1) is 0 Å². The second-order valence-corrected chi connectivity index (χ2v) is 4.01. The highest BCUT2D eigenvalue weighted by Gasteiger charge is 1.93. The Morgan fingerprint density at radius 3 is 2.50 bits per heavy atom. The van der Waals surface area contributed by atoms with Crippen LogP contribution in [-0.4, -0.2) is 0 Å². The molecule has 0 aliphatic carbocycles. The molecular formula is C15H11Cl. The smallest absolute Gasteiger partial charge is 0.0562 e. The summed E-state index contributed by atoms with van der Waals surface area (Å²) in [7, 11) is 0. The summed E-state index contributed by atoms with van der Waals surface area (Å²) < 4.78 is 0. The fraction of sp³-hybridized carbons (Fsp3) is 0.0667. The maximum absolute atomic E-state index is 6.02. The largest absolute Gasteiger partial charge is 0.0830 e. The zero-order valence-corrected chi connectivity index (χ0v) is 9.75. The average molecular weight is 227 g/mol. The van der Waals surface area contributed by atoms with E-state index in [0.29, 0.717) is 5.02 Å². The van der Waals surface area contributed by atoms with E-state index < -0.39 is 0 Å². The molecule has 0 aromatic heterocycles. The van der Waals surface area contributed by atoms with Crippen LogP contribution < -0.4 is 0 Å². The van der Waals surface area contributed by atoms with E-state index in [9.17, 15) is 0 Å². The monoisotopic (exact) mass is 226 g/mol. The summed E-state index contributed by atoms with van der Waals surface area (Å²) in [6.45, 7) is 2.06. The summed E-state index contributed by atoms with van der Waals surface area (Å²) in [5.41, 5.74) is 3.09. The third-order valence-corrected chi connectivity index (χ3v) is 2.56. The fourth-order valence-electron chi connectivity index (χ4n) is 1.42. The van der Waals surface area contributed by atoms with E-state index in [4.69, 9.17) is 11.6 Å². The molecule has 0 saturated heterocycles. The quantitative estimate of drug-likeness (QED) is 0.595.